The molecular weight excluding hydrogens is 340 g/mol. The molecule has 4 heterocycles. The average Bonchev–Trinajstić information content (AvgIpc) is 3.19. The minimum Gasteiger partial charge on any atom is -0.381 e. The molecule has 2 fully saturated rings. The van der Waals surface area contributed by atoms with Crippen LogP contribution in [-0.2, 0) is 4.74 Å². The molecule has 0 bridgehead atoms. The zero-order chi connectivity index (χ0) is 18.1. The number of nitrogens with zero attached hydrogens (tertiary/aromatic N) is 5. The van der Waals surface area contributed by atoms with Crippen LogP contribution >= 0.6 is 0 Å². The Morgan fingerprint density at radius 1 is 1.00 bits per heavy atom. The van der Waals surface area contributed by atoms with Gasteiger partial charge in [-0.2, -0.15) is 5.10 Å². The first kappa shape index (κ1) is 16.6. The number of piperazine rings is 1. The first-order valence-electron chi connectivity index (χ1n) is 9.74. The standard InChI is InChI=1S/C20H24N6O/c1-2-4-16(5-3-1)26-20-17(14-22-26)19(25-10-8-21-9-11-25)23-18(24-20)15-6-12-27-13-7-15/h1-5,14-15,21H,6-13H2. The van der Waals surface area contributed by atoms with Crippen molar-refractivity contribution < 1.29 is 4.74 Å². The third-order valence-corrected chi connectivity index (χ3v) is 5.43. The van der Waals surface area contributed by atoms with E-state index >= 15 is 0 Å². The summed E-state index contributed by atoms with van der Waals surface area (Å²) in [5.74, 6) is 2.30. The highest BCUT2D eigenvalue weighted by molar-refractivity contribution is 5.88. The van der Waals surface area contributed by atoms with E-state index in [1.54, 1.807) is 0 Å². The van der Waals surface area contributed by atoms with Crippen LogP contribution in [0.5, 0.6) is 0 Å². The highest BCUT2D eigenvalue weighted by atomic mass is 16.5. The Hall–Kier alpha value is -2.51. The summed E-state index contributed by atoms with van der Waals surface area (Å²) >= 11 is 0. The Morgan fingerprint density at radius 2 is 1.78 bits per heavy atom. The lowest BCUT2D eigenvalue weighted by Crippen LogP contribution is -2.44. The van der Waals surface area contributed by atoms with Crippen molar-refractivity contribution in [3.63, 3.8) is 0 Å². The van der Waals surface area contributed by atoms with Gasteiger partial charge in [-0.3, -0.25) is 0 Å². The number of benzene rings is 1. The maximum atomic E-state index is 5.54. The van der Waals surface area contributed by atoms with E-state index in [0.717, 1.165) is 80.6 Å². The minimum absolute atomic E-state index is 0.351. The molecule has 1 aromatic carbocycles. The van der Waals surface area contributed by atoms with Gasteiger partial charge in [0.2, 0.25) is 0 Å². The molecule has 0 spiro atoms. The molecule has 7 heteroatoms. The van der Waals surface area contributed by atoms with Gasteiger partial charge >= 0.3 is 0 Å². The number of aromatic nitrogens is 4. The van der Waals surface area contributed by atoms with E-state index in [0.29, 0.717) is 5.92 Å². The smallest absolute Gasteiger partial charge is 0.168 e. The number of para-hydroxylation sites is 1. The molecule has 2 saturated heterocycles. The molecule has 0 aliphatic carbocycles. The molecule has 140 valence electrons. The predicted octanol–water partition coefficient (Wildman–Crippen LogP) is 2.12. The fourth-order valence-electron chi connectivity index (χ4n) is 3.92. The van der Waals surface area contributed by atoms with Gasteiger partial charge in [0, 0.05) is 45.3 Å². The van der Waals surface area contributed by atoms with Crippen molar-refractivity contribution in [3.05, 3.63) is 42.4 Å². The summed E-state index contributed by atoms with van der Waals surface area (Å²) in [6.45, 7) is 5.43. The number of fused-ring (bicyclic) bond motifs is 1. The van der Waals surface area contributed by atoms with E-state index in [-0.39, 0.29) is 0 Å². The second kappa shape index (κ2) is 7.25. The molecule has 2 aliphatic heterocycles. The largest absolute Gasteiger partial charge is 0.381 e. The van der Waals surface area contributed by atoms with E-state index in [4.69, 9.17) is 14.7 Å². The first-order valence-corrected chi connectivity index (χ1v) is 9.74. The molecule has 0 radical (unpaired) electrons. The van der Waals surface area contributed by atoms with Crippen LogP contribution in [0, 0.1) is 0 Å². The molecule has 0 amide bonds. The number of nitrogens with one attached hydrogen (secondary N) is 1. The van der Waals surface area contributed by atoms with Crippen LogP contribution in [0.25, 0.3) is 16.7 Å². The third kappa shape index (κ3) is 3.17. The van der Waals surface area contributed by atoms with Gasteiger partial charge in [0.15, 0.2) is 5.65 Å². The van der Waals surface area contributed by atoms with Crippen molar-refractivity contribution in [3.8, 4) is 5.69 Å². The van der Waals surface area contributed by atoms with Gasteiger partial charge in [0.05, 0.1) is 17.3 Å². The fourth-order valence-corrected chi connectivity index (χ4v) is 3.92. The van der Waals surface area contributed by atoms with Gasteiger partial charge in [-0.05, 0) is 25.0 Å². The number of ether oxygens (including phenoxy) is 1. The van der Waals surface area contributed by atoms with Crippen LogP contribution in [0.15, 0.2) is 36.5 Å². The Labute approximate surface area is 158 Å². The van der Waals surface area contributed by atoms with Gasteiger partial charge in [-0.15, -0.1) is 0 Å². The monoisotopic (exact) mass is 364 g/mol. The van der Waals surface area contributed by atoms with E-state index in [2.05, 4.69) is 27.4 Å². The summed E-state index contributed by atoms with van der Waals surface area (Å²) in [5.41, 5.74) is 1.92. The summed E-state index contributed by atoms with van der Waals surface area (Å²) in [6.07, 6.45) is 3.87. The lowest BCUT2D eigenvalue weighted by atomic mass is 9.99. The highest BCUT2D eigenvalue weighted by Crippen LogP contribution is 2.31. The predicted molar refractivity (Wildman–Crippen MR) is 105 cm³/mol. The zero-order valence-electron chi connectivity index (χ0n) is 15.3. The van der Waals surface area contributed by atoms with Crippen molar-refractivity contribution in [2.24, 2.45) is 0 Å². The lowest BCUT2D eigenvalue weighted by Gasteiger charge is -2.30. The number of hydrogen-bond donors (Lipinski definition) is 1. The second-order valence-corrected chi connectivity index (χ2v) is 7.16. The molecule has 0 saturated carbocycles. The maximum absolute atomic E-state index is 5.54. The van der Waals surface area contributed by atoms with E-state index in [1.807, 2.05) is 29.1 Å². The van der Waals surface area contributed by atoms with E-state index < -0.39 is 0 Å². The topological polar surface area (TPSA) is 68.1 Å². The molecule has 7 nitrogen and oxygen atoms in total. The summed E-state index contributed by atoms with van der Waals surface area (Å²) < 4.78 is 7.48. The normalized spacial score (nSPS) is 18.9. The van der Waals surface area contributed by atoms with Gasteiger partial charge in [-0.25, -0.2) is 14.6 Å². The van der Waals surface area contributed by atoms with Gasteiger partial charge in [-0.1, -0.05) is 18.2 Å². The molecule has 2 aliphatic rings. The molecule has 2 aromatic heterocycles. The second-order valence-electron chi connectivity index (χ2n) is 7.16. The lowest BCUT2D eigenvalue weighted by molar-refractivity contribution is 0.0836. The SMILES string of the molecule is c1ccc(-n2ncc3c(N4CCNCC4)nc(C4CCOCC4)nc32)cc1. The van der Waals surface area contributed by atoms with Crippen molar-refractivity contribution in [1.29, 1.82) is 0 Å². The molecular formula is C20H24N6O. The van der Waals surface area contributed by atoms with Crippen LogP contribution in [0.2, 0.25) is 0 Å². The van der Waals surface area contributed by atoms with Crippen LogP contribution in [0.1, 0.15) is 24.6 Å². The number of rotatable bonds is 3. The highest BCUT2D eigenvalue weighted by Gasteiger charge is 2.24. The van der Waals surface area contributed by atoms with Crippen LogP contribution in [0.4, 0.5) is 5.82 Å². The third-order valence-electron chi connectivity index (χ3n) is 5.43. The minimum atomic E-state index is 0.351. The molecule has 5 rings (SSSR count). The maximum Gasteiger partial charge on any atom is 0.168 e. The van der Waals surface area contributed by atoms with Crippen LogP contribution < -0.4 is 10.2 Å². The summed E-state index contributed by atoms with van der Waals surface area (Å²) in [6, 6.07) is 10.2. The number of hydrogen-bond acceptors (Lipinski definition) is 6. The molecule has 0 unspecified atom stereocenters. The van der Waals surface area contributed by atoms with Crippen LogP contribution in [-0.4, -0.2) is 59.1 Å². The Bertz CT molecular complexity index is 913. The average molecular weight is 364 g/mol. The first-order chi connectivity index (χ1) is 13.4. The van der Waals surface area contributed by atoms with Crippen molar-refractivity contribution in [2.45, 2.75) is 18.8 Å². The summed E-state index contributed by atoms with van der Waals surface area (Å²) in [4.78, 5) is 12.4. The van der Waals surface area contributed by atoms with Crippen molar-refractivity contribution >= 4 is 16.9 Å². The van der Waals surface area contributed by atoms with E-state index in [9.17, 15) is 0 Å². The summed E-state index contributed by atoms with van der Waals surface area (Å²) in [5, 5.41) is 9.10. The molecule has 0 atom stereocenters. The molecule has 1 N–H and O–H groups in total. The Kier molecular flexibility index (Phi) is 4.47. The van der Waals surface area contributed by atoms with Crippen molar-refractivity contribution in [2.75, 3.05) is 44.3 Å². The fraction of sp³-hybridized carbons (Fsp3) is 0.450. The van der Waals surface area contributed by atoms with Gasteiger partial charge < -0.3 is 15.0 Å². The quantitative estimate of drug-likeness (QED) is 0.768. The number of anilines is 1. The van der Waals surface area contributed by atoms with E-state index in [1.165, 1.54) is 0 Å². The molecule has 27 heavy (non-hydrogen) atoms. The Balaban J connectivity index is 1.66. The van der Waals surface area contributed by atoms with Gasteiger partial charge in [0.1, 0.15) is 11.6 Å². The van der Waals surface area contributed by atoms with Gasteiger partial charge in [0.25, 0.3) is 0 Å². The Morgan fingerprint density at radius 3 is 2.56 bits per heavy atom. The van der Waals surface area contributed by atoms with Crippen molar-refractivity contribution in [1.82, 2.24) is 25.1 Å². The van der Waals surface area contributed by atoms with Crippen LogP contribution in [0.3, 0.4) is 0 Å². The molecule has 3 aromatic rings. The summed E-state index contributed by atoms with van der Waals surface area (Å²) in [7, 11) is 0. The zero-order valence-corrected chi connectivity index (χ0v) is 15.3.